The van der Waals surface area contributed by atoms with Crippen molar-refractivity contribution in [2.75, 3.05) is 7.11 Å². The van der Waals surface area contributed by atoms with Gasteiger partial charge in [0.2, 0.25) is 0 Å². The lowest BCUT2D eigenvalue weighted by molar-refractivity contribution is -0.141. The third-order valence-corrected chi connectivity index (χ3v) is 4.60. The molecule has 2 aromatic rings. The number of nitrogens with one attached hydrogen (secondary N) is 1. The zero-order valence-corrected chi connectivity index (χ0v) is 14.3. The molecule has 0 fully saturated rings. The van der Waals surface area contributed by atoms with Crippen LogP contribution in [0.4, 0.5) is 0 Å². The average Bonchev–Trinajstić information content (AvgIpc) is 3.01. The van der Waals surface area contributed by atoms with E-state index in [0.717, 1.165) is 8.45 Å². The Morgan fingerprint density at radius 1 is 1.29 bits per heavy atom. The third-order valence-electron chi connectivity index (χ3n) is 2.90. The van der Waals surface area contributed by atoms with Crippen molar-refractivity contribution in [3.05, 3.63) is 55.8 Å². The Bertz CT molecular complexity index is 610. The van der Waals surface area contributed by atoms with Gasteiger partial charge in [-0.25, -0.2) is 0 Å². The van der Waals surface area contributed by atoms with Crippen LogP contribution >= 0.6 is 33.9 Å². The normalized spacial score (nSPS) is 11.7. The lowest BCUT2D eigenvalue weighted by Gasteiger charge is -2.16. The van der Waals surface area contributed by atoms with Crippen LogP contribution < -0.4 is 5.32 Å². The molecule has 0 saturated heterocycles. The number of carbonyl (C=O) groups is 2. The first-order chi connectivity index (χ1) is 10.1. The van der Waals surface area contributed by atoms with Gasteiger partial charge in [0.1, 0.15) is 0 Å². The molecular weight excluding hydrogens is 401 g/mol. The fourth-order valence-corrected chi connectivity index (χ4v) is 2.94. The van der Waals surface area contributed by atoms with Gasteiger partial charge in [-0.05, 0) is 58.3 Å². The third kappa shape index (κ3) is 4.53. The van der Waals surface area contributed by atoms with Crippen LogP contribution in [0.3, 0.4) is 0 Å². The minimum Gasteiger partial charge on any atom is -0.469 e. The number of benzene rings is 1. The molecule has 1 N–H and O–H groups in total. The second-order valence-electron chi connectivity index (χ2n) is 4.33. The lowest BCUT2D eigenvalue weighted by Crippen LogP contribution is -2.30. The van der Waals surface area contributed by atoms with Crippen molar-refractivity contribution in [1.82, 2.24) is 5.32 Å². The topological polar surface area (TPSA) is 55.4 Å². The average molecular weight is 415 g/mol. The number of hydrogen-bond donors (Lipinski definition) is 1. The number of carbonyl (C=O) groups excluding carboxylic acids is 2. The predicted octanol–water partition coefficient (Wildman–Crippen LogP) is 3.39. The molecule has 0 bridgehead atoms. The van der Waals surface area contributed by atoms with Crippen molar-refractivity contribution in [3.8, 4) is 0 Å². The summed E-state index contributed by atoms with van der Waals surface area (Å²) in [7, 11) is 1.34. The van der Waals surface area contributed by atoms with E-state index in [2.05, 4.69) is 27.9 Å². The molecule has 0 aliphatic carbocycles. The van der Waals surface area contributed by atoms with Crippen LogP contribution in [-0.4, -0.2) is 19.0 Å². The molecule has 1 aromatic carbocycles. The van der Waals surface area contributed by atoms with Gasteiger partial charge < -0.3 is 10.1 Å². The molecule has 0 spiro atoms. The van der Waals surface area contributed by atoms with E-state index < -0.39 is 0 Å². The van der Waals surface area contributed by atoms with E-state index >= 15 is 0 Å². The second kappa shape index (κ2) is 7.56. The number of esters is 1. The first-order valence-electron chi connectivity index (χ1n) is 6.27. The first-order valence-corrected chi connectivity index (χ1v) is 8.22. The highest BCUT2D eigenvalue weighted by molar-refractivity contribution is 14.1. The number of rotatable bonds is 5. The minimum atomic E-state index is -0.371. The van der Waals surface area contributed by atoms with Gasteiger partial charge >= 0.3 is 5.97 Å². The molecule has 0 aliphatic heterocycles. The van der Waals surface area contributed by atoms with Crippen LogP contribution in [0.1, 0.15) is 27.7 Å². The fourth-order valence-electron chi connectivity index (χ4n) is 1.81. The summed E-state index contributed by atoms with van der Waals surface area (Å²) in [5.74, 6) is -0.551. The highest BCUT2D eigenvalue weighted by Gasteiger charge is 2.20. The van der Waals surface area contributed by atoms with Crippen molar-refractivity contribution < 1.29 is 14.3 Å². The Morgan fingerprint density at radius 2 is 2.00 bits per heavy atom. The highest BCUT2D eigenvalue weighted by Crippen LogP contribution is 2.23. The van der Waals surface area contributed by atoms with Crippen molar-refractivity contribution in [2.24, 2.45) is 0 Å². The largest absolute Gasteiger partial charge is 0.469 e. The zero-order valence-electron chi connectivity index (χ0n) is 11.3. The molecular formula is C15H14INO3S. The molecule has 6 heteroatoms. The molecule has 0 saturated carbocycles. The fraction of sp³-hybridized carbons (Fsp3) is 0.200. The van der Waals surface area contributed by atoms with Crippen LogP contribution in [-0.2, 0) is 9.53 Å². The van der Waals surface area contributed by atoms with E-state index in [-0.39, 0.29) is 24.3 Å². The van der Waals surface area contributed by atoms with E-state index in [1.54, 1.807) is 12.1 Å². The highest BCUT2D eigenvalue weighted by atomic mass is 127. The van der Waals surface area contributed by atoms with Crippen molar-refractivity contribution in [2.45, 2.75) is 12.5 Å². The predicted molar refractivity (Wildman–Crippen MR) is 90.3 cm³/mol. The van der Waals surface area contributed by atoms with Crippen LogP contribution in [0.2, 0.25) is 0 Å². The smallest absolute Gasteiger partial charge is 0.307 e. The summed E-state index contributed by atoms with van der Waals surface area (Å²) < 4.78 is 5.76. The molecule has 4 nitrogen and oxygen atoms in total. The van der Waals surface area contributed by atoms with Crippen LogP contribution in [0.5, 0.6) is 0 Å². The van der Waals surface area contributed by atoms with E-state index in [9.17, 15) is 9.59 Å². The van der Waals surface area contributed by atoms with Gasteiger partial charge in [0.25, 0.3) is 5.91 Å². The number of hydrogen-bond acceptors (Lipinski definition) is 4. The maximum absolute atomic E-state index is 12.3. The quantitative estimate of drug-likeness (QED) is 0.602. The molecule has 0 radical (unpaired) electrons. The lowest BCUT2D eigenvalue weighted by atomic mass is 10.1. The molecule has 1 heterocycles. The van der Waals surface area contributed by atoms with E-state index in [0.29, 0.717) is 5.56 Å². The molecule has 21 heavy (non-hydrogen) atoms. The minimum absolute atomic E-state index is 0.118. The first kappa shape index (κ1) is 16.0. The maximum Gasteiger partial charge on any atom is 0.307 e. The number of halogens is 1. The monoisotopic (exact) mass is 415 g/mol. The van der Waals surface area contributed by atoms with Crippen molar-refractivity contribution in [1.29, 1.82) is 0 Å². The molecule has 0 aliphatic rings. The molecule has 1 unspecified atom stereocenters. The Hall–Kier alpha value is -1.41. The van der Waals surface area contributed by atoms with Crippen LogP contribution in [0, 0.1) is 3.57 Å². The Kier molecular flexibility index (Phi) is 5.75. The SMILES string of the molecule is COC(=O)CC(NC(=O)c1ccc(I)cc1)c1cccs1. The maximum atomic E-state index is 12.3. The van der Waals surface area contributed by atoms with Gasteiger partial charge in [-0.1, -0.05) is 6.07 Å². The van der Waals surface area contributed by atoms with Crippen molar-refractivity contribution >= 4 is 45.8 Å². The summed E-state index contributed by atoms with van der Waals surface area (Å²) in [4.78, 5) is 24.7. The molecule has 1 amide bonds. The summed E-state index contributed by atoms with van der Waals surface area (Å²) in [5, 5.41) is 4.80. The standard InChI is InChI=1S/C15H14INO3S/c1-20-14(18)9-12(13-3-2-8-21-13)17-15(19)10-4-6-11(16)7-5-10/h2-8,12H,9H2,1H3,(H,17,19). The Balaban J connectivity index is 2.12. The Morgan fingerprint density at radius 3 is 2.57 bits per heavy atom. The second-order valence-corrected chi connectivity index (χ2v) is 6.55. The van der Waals surface area contributed by atoms with Gasteiger partial charge in [-0.15, -0.1) is 11.3 Å². The van der Waals surface area contributed by atoms with E-state index in [1.807, 2.05) is 29.6 Å². The Labute approximate surface area is 140 Å². The molecule has 2 rings (SSSR count). The van der Waals surface area contributed by atoms with Gasteiger partial charge in [0.15, 0.2) is 0 Å². The summed E-state index contributed by atoms with van der Waals surface area (Å²) in [6.07, 6.45) is 0.118. The van der Waals surface area contributed by atoms with Gasteiger partial charge in [0.05, 0.1) is 19.6 Å². The molecule has 110 valence electrons. The van der Waals surface area contributed by atoms with E-state index in [4.69, 9.17) is 4.74 Å². The van der Waals surface area contributed by atoms with Crippen LogP contribution in [0.15, 0.2) is 41.8 Å². The van der Waals surface area contributed by atoms with Crippen LogP contribution in [0.25, 0.3) is 0 Å². The number of amides is 1. The summed E-state index contributed by atoms with van der Waals surface area (Å²) >= 11 is 3.68. The summed E-state index contributed by atoms with van der Waals surface area (Å²) in [5.41, 5.74) is 0.571. The zero-order chi connectivity index (χ0) is 15.2. The van der Waals surface area contributed by atoms with Gasteiger partial charge in [-0.3, -0.25) is 9.59 Å². The summed E-state index contributed by atoms with van der Waals surface area (Å²) in [6.45, 7) is 0. The van der Waals surface area contributed by atoms with E-state index in [1.165, 1.54) is 18.4 Å². The van der Waals surface area contributed by atoms with Crippen molar-refractivity contribution in [3.63, 3.8) is 0 Å². The number of methoxy groups -OCH3 is 1. The summed E-state index contributed by atoms with van der Waals surface area (Å²) in [6, 6.07) is 10.7. The van der Waals surface area contributed by atoms with Gasteiger partial charge in [0, 0.05) is 14.0 Å². The molecule has 1 aromatic heterocycles. The van der Waals surface area contributed by atoms with Gasteiger partial charge in [-0.2, -0.15) is 0 Å². The number of thiophene rings is 1. The molecule has 1 atom stereocenters. The number of ether oxygens (including phenoxy) is 1.